The van der Waals surface area contributed by atoms with Crippen molar-refractivity contribution in [2.24, 2.45) is 5.92 Å². The van der Waals surface area contributed by atoms with Gasteiger partial charge in [-0.3, -0.25) is 4.90 Å². The topological polar surface area (TPSA) is 30.9 Å². The van der Waals surface area contributed by atoms with Gasteiger partial charge in [0.25, 0.3) is 0 Å². The largest absolute Gasteiger partial charge is 0.497 e. The van der Waals surface area contributed by atoms with Crippen LogP contribution >= 0.6 is 23.5 Å². The van der Waals surface area contributed by atoms with Crippen LogP contribution in [0.3, 0.4) is 0 Å². The Balaban J connectivity index is 1.24. The van der Waals surface area contributed by atoms with Crippen molar-refractivity contribution in [3.05, 3.63) is 48.0 Å². The summed E-state index contributed by atoms with van der Waals surface area (Å²) >= 11 is 4.07. The van der Waals surface area contributed by atoms with Crippen LogP contribution in [-0.4, -0.2) is 55.0 Å². The first-order chi connectivity index (χ1) is 16.3. The highest BCUT2D eigenvalue weighted by molar-refractivity contribution is 8.00. The summed E-state index contributed by atoms with van der Waals surface area (Å²) in [6.45, 7) is 4.18. The lowest BCUT2D eigenvalue weighted by Gasteiger charge is -2.31. The van der Waals surface area contributed by atoms with Gasteiger partial charge in [0.1, 0.15) is 30.0 Å². The molecule has 0 amide bonds. The van der Waals surface area contributed by atoms with E-state index >= 15 is 0 Å². The number of benzene rings is 2. The lowest BCUT2D eigenvalue weighted by molar-refractivity contribution is 0.175. The van der Waals surface area contributed by atoms with Crippen LogP contribution in [0.4, 0.5) is 0 Å². The molecule has 0 aromatic heterocycles. The third kappa shape index (κ3) is 5.77. The molecule has 2 fully saturated rings. The summed E-state index contributed by atoms with van der Waals surface area (Å²) in [7, 11) is 1.74. The van der Waals surface area contributed by atoms with Gasteiger partial charge in [-0.05, 0) is 92.6 Å². The van der Waals surface area contributed by atoms with E-state index in [0.717, 1.165) is 30.4 Å². The summed E-state index contributed by atoms with van der Waals surface area (Å²) in [5.41, 5.74) is 1.30. The average Bonchev–Trinajstić information content (AvgIpc) is 3.23. The quantitative estimate of drug-likeness (QED) is 0.436. The Hall–Kier alpha value is -1.50. The van der Waals surface area contributed by atoms with E-state index in [-0.39, 0.29) is 6.10 Å². The minimum absolute atomic E-state index is 0.0786. The zero-order valence-corrected chi connectivity index (χ0v) is 21.2. The summed E-state index contributed by atoms with van der Waals surface area (Å²) in [6, 6.07) is 14.7. The molecule has 178 valence electrons. The molecular weight excluding hydrogens is 450 g/mol. The Bertz CT molecular complexity index is 895. The van der Waals surface area contributed by atoms with E-state index in [2.05, 4.69) is 59.1 Å². The Morgan fingerprint density at radius 2 is 1.64 bits per heavy atom. The van der Waals surface area contributed by atoms with Crippen LogP contribution in [0.25, 0.3) is 0 Å². The first kappa shape index (κ1) is 23.3. The SMILES string of the molecule is COc1ccc2c(c1)SC(C1CCSCC1)C2Oc1ccc(OCCN2CCCCC2)cc1. The molecule has 2 saturated heterocycles. The second-order valence-corrected chi connectivity index (χ2v) is 11.6. The van der Waals surface area contributed by atoms with Gasteiger partial charge in [0.2, 0.25) is 0 Å². The van der Waals surface area contributed by atoms with Crippen LogP contribution < -0.4 is 14.2 Å². The van der Waals surface area contributed by atoms with E-state index in [9.17, 15) is 0 Å². The number of fused-ring (bicyclic) bond motifs is 1. The second-order valence-electron chi connectivity index (χ2n) is 9.20. The molecule has 4 nitrogen and oxygen atoms in total. The third-order valence-electron chi connectivity index (χ3n) is 7.03. The van der Waals surface area contributed by atoms with Gasteiger partial charge in [-0.15, -0.1) is 11.8 Å². The van der Waals surface area contributed by atoms with Gasteiger partial charge in [-0.2, -0.15) is 11.8 Å². The summed E-state index contributed by atoms with van der Waals surface area (Å²) in [5, 5.41) is 0.452. The predicted octanol–water partition coefficient (Wildman–Crippen LogP) is 6.30. The maximum absolute atomic E-state index is 6.66. The highest BCUT2D eigenvalue weighted by atomic mass is 32.2. The number of nitrogens with zero attached hydrogens (tertiary/aromatic N) is 1. The zero-order valence-electron chi connectivity index (χ0n) is 19.5. The number of piperidine rings is 1. The number of hydrogen-bond donors (Lipinski definition) is 0. The molecule has 0 aliphatic carbocycles. The minimum Gasteiger partial charge on any atom is -0.497 e. The number of thioether (sulfide) groups is 2. The Morgan fingerprint density at radius 1 is 0.909 bits per heavy atom. The average molecular weight is 486 g/mol. The molecule has 33 heavy (non-hydrogen) atoms. The van der Waals surface area contributed by atoms with Crippen LogP contribution in [0.15, 0.2) is 47.4 Å². The van der Waals surface area contributed by atoms with E-state index < -0.39 is 0 Å². The maximum Gasteiger partial charge on any atom is 0.137 e. The number of methoxy groups -OCH3 is 1. The zero-order chi connectivity index (χ0) is 22.5. The first-order valence-corrected chi connectivity index (χ1v) is 14.4. The van der Waals surface area contributed by atoms with Crippen LogP contribution in [0.2, 0.25) is 0 Å². The lowest BCUT2D eigenvalue weighted by Crippen LogP contribution is -2.33. The fourth-order valence-electron chi connectivity index (χ4n) is 5.12. The molecule has 0 radical (unpaired) electrons. The predicted molar refractivity (Wildman–Crippen MR) is 138 cm³/mol. The van der Waals surface area contributed by atoms with E-state index in [0.29, 0.717) is 11.2 Å². The lowest BCUT2D eigenvalue weighted by atomic mass is 9.92. The molecule has 0 bridgehead atoms. The minimum atomic E-state index is 0.0786. The van der Waals surface area contributed by atoms with E-state index in [1.54, 1.807) is 7.11 Å². The molecule has 3 heterocycles. The standard InChI is InChI=1S/C27H35NO3S2/c1-29-23-9-10-24-25(19-23)33-27(20-11-17-32-18-12-20)26(24)31-22-7-5-21(6-8-22)30-16-15-28-13-3-2-4-14-28/h5-10,19-20,26-27H,2-4,11-18H2,1H3. The van der Waals surface area contributed by atoms with Crippen molar-refractivity contribution in [2.75, 3.05) is 44.9 Å². The smallest absolute Gasteiger partial charge is 0.137 e. The van der Waals surface area contributed by atoms with Gasteiger partial charge in [0, 0.05) is 17.0 Å². The van der Waals surface area contributed by atoms with Crippen molar-refractivity contribution in [3.8, 4) is 17.2 Å². The van der Waals surface area contributed by atoms with Crippen molar-refractivity contribution in [1.82, 2.24) is 4.90 Å². The molecular formula is C27H35NO3S2. The monoisotopic (exact) mass is 485 g/mol. The number of hydrogen-bond acceptors (Lipinski definition) is 6. The van der Waals surface area contributed by atoms with Gasteiger partial charge < -0.3 is 14.2 Å². The van der Waals surface area contributed by atoms with Crippen molar-refractivity contribution in [3.63, 3.8) is 0 Å². The van der Waals surface area contributed by atoms with Crippen molar-refractivity contribution in [2.45, 2.75) is 48.4 Å². The fourth-order valence-corrected chi connectivity index (χ4v) is 7.85. The van der Waals surface area contributed by atoms with Crippen molar-refractivity contribution >= 4 is 23.5 Å². The first-order valence-electron chi connectivity index (χ1n) is 12.3. The van der Waals surface area contributed by atoms with Gasteiger partial charge >= 0.3 is 0 Å². The van der Waals surface area contributed by atoms with Gasteiger partial charge in [0.15, 0.2) is 0 Å². The molecule has 2 aromatic rings. The molecule has 2 unspecified atom stereocenters. The molecule has 0 saturated carbocycles. The number of likely N-dealkylation sites (tertiary alicyclic amines) is 1. The molecule has 0 spiro atoms. The molecule has 2 aromatic carbocycles. The maximum atomic E-state index is 6.66. The second kappa shape index (κ2) is 11.3. The van der Waals surface area contributed by atoms with Crippen molar-refractivity contribution in [1.29, 1.82) is 0 Å². The van der Waals surface area contributed by atoms with E-state index in [1.807, 2.05) is 11.8 Å². The van der Waals surface area contributed by atoms with Gasteiger partial charge in [-0.25, -0.2) is 0 Å². The summed E-state index contributed by atoms with van der Waals surface area (Å²) < 4.78 is 18.2. The van der Waals surface area contributed by atoms with Gasteiger partial charge in [-0.1, -0.05) is 12.5 Å². The molecule has 5 rings (SSSR count). The molecule has 6 heteroatoms. The van der Waals surface area contributed by atoms with Crippen LogP contribution in [0, 0.1) is 5.92 Å². The van der Waals surface area contributed by atoms with Crippen molar-refractivity contribution < 1.29 is 14.2 Å². The van der Waals surface area contributed by atoms with Crippen LogP contribution in [-0.2, 0) is 0 Å². The third-order valence-corrected chi connectivity index (χ3v) is 9.59. The fraction of sp³-hybridized carbons (Fsp3) is 0.556. The van der Waals surface area contributed by atoms with Gasteiger partial charge in [0.05, 0.1) is 12.4 Å². The summed E-state index contributed by atoms with van der Waals surface area (Å²) in [6.07, 6.45) is 6.64. The number of ether oxygens (including phenoxy) is 3. The molecule has 2 atom stereocenters. The highest BCUT2D eigenvalue weighted by Gasteiger charge is 2.40. The summed E-state index contributed by atoms with van der Waals surface area (Å²) in [5.74, 6) is 5.98. The Labute approximate surface area is 206 Å². The summed E-state index contributed by atoms with van der Waals surface area (Å²) in [4.78, 5) is 3.81. The Kier molecular flexibility index (Phi) is 7.95. The van der Waals surface area contributed by atoms with Crippen LogP contribution in [0.1, 0.15) is 43.8 Å². The Morgan fingerprint density at radius 3 is 2.39 bits per heavy atom. The normalized spacial score (nSPS) is 23.8. The van der Waals surface area contributed by atoms with E-state index in [1.165, 1.54) is 67.2 Å². The molecule has 3 aliphatic heterocycles. The molecule has 3 aliphatic rings. The highest BCUT2D eigenvalue weighted by Crippen LogP contribution is 2.52. The van der Waals surface area contributed by atoms with E-state index in [4.69, 9.17) is 14.2 Å². The molecule has 0 N–H and O–H groups in total. The van der Waals surface area contributed by atoms with Crippen LogP contribution in [0.5, 0.6) is 17.2 Å². The number of rotatable bonds is 8.